The fraction of sp³-hybridized carbons (Fsp3) is 0.207. The van der Waals surface area contributed by atoms with Crippen LogP contribution in [0.3, 0.4) is 0 Å². The lowest BCUT2D eigenvalue weighted by atomic mass is 9.98. The van der Waals surface area contributed by atoms with Crippen molar-refractivity contribution >= 4 is 34.8 Å². The molecule has 0 unspecified atom stereocenters. The van der Waals surface area contributed by atoms with Crippen molar-refractivity contribution in [2.75, 3.05) is 5.32 Å². The average Bonchev–Trinajstić information content (AvgIpc) is 3.28. The highest BCUT2D eigenvalue weighted by atomic mass is 35.5. The summed E-state index contributed by atoms with van der Waals surface area (Å²) < 4.78 is 33.9. The van der Waals surface area contributed by atoms with Gasteiger partial charge in [-0.2, -0.15) is 4.39 Å². The molecule has 2 aromatic carbocycles. The first-order valence-electron chi connectivity index (χ1n) is 13.3. The van der Waals surface area contributed by atoms with Crippen molar-refractivity contribution in [1.82, 2.24) is 29.5 Å². The van der Waals surface area contributed by atoms with Crippen molar-refractivity contribution in [3.8, 4) is 28.1 Å². The van der Waals surface area contributed by atoms with Gasteiger partial charge in [-0.1, -0.05) is 28.4 Å². The third-order valence-corrected chi connectivity index (χ3v) is 8.74. The number of carbonyl (C=O) groups is 1. The van der Waals surface area contributed by atoms with Crippen LogP contribution in [0.4, 0.5) is 14.5 Å². The van der Waals surface area contributed by atoms with Gasteiger partial charge < -0.3 is 14.9 Å². The highest BCUT2D eigenvalue weighted by Crippen LogP contribution is 2.60. The average molecular weight is 606 g/mol. The number of nitrogens with zero attached hydrogens (tertiary/aromatic N) is 5. The minimum atomic E-state index is -0.853. The first kappa shape index (κ1) is 25.4. The van der Waals surface area contributed by atoms with Gasteiger partial charge in [0.05, 0.1) is 17.9 Å². The monoisotopic (exact) mass is 605 g/mol. The van der Waals surface area contributed by atoms with E-state index in [1.807, 2.05) is 6.07 Å². The molecule has 2 aliphatic heterocycles. The predicted molar refractivity (Wildman–Crippen MR) is 151 cm³/mol. The number of pyridine rings is 1. The highest BCUT2D eigenvalue weighted by Gasteiger charge is 2.54. The van der Waals surface area contributed by atoms with Crippen molar-refractivity contribution in [3.05, 3.63) is 98.0 Å². The van der Waals surface area contributed by atoms with E-state index >= 15 is 8.78 Å². The lowest BCUT2D eigenvalue weighted by molar-refractivity contribution is -0.116. The number of nitrogens with one attached hydrogen (secondary N) is 2. The van der Waals surface area contributed by atoms with Crippen LogP contribution in [0.1, 0.15) is 41.9 Å². The van der Waals surface area contributed by atoms with Crippen LogP contribution in [0.2, 0.25) is 10.2 Å². The van der Waals surface area contributed by atoms with E-state index in [4.69, 9.17) is 23.2 Å². The lowest BCUT2D eigenvalue weighted by Gasteiger charge is -2.19. The summed E-state index contributed by atoms with van der Waals surface area (Å²) in [5, 5.41) is 11.3. The van der Waals surface area contributed by atoms with E-state index in [1.165, 1.54) is 16.8 Å². The largest absolute Gasteiger partial charge is 0.338 e. The summed E-state index contributed by atoms with van der Waals surface area (Å²) in [5.74, 6) is -1.25. The van der Waals surface area contributed by atoms with E-state index in [1.54, 1.807) is 35.0 Å². The molecule has 2 N–H and O–H groups in total. The highest BCUT2D eigenvalue weighted by molar-refractivity contribution is 6.31. The Bertz CT molecular complexity index is 2030. The molecule has 5 heterocycles. The SMILES string of the molecule is O=C1CCc2c(ccc(-c3[nH]c([C@@H]4[C@H]5C[C@H]5c5cc(-c6cc(Cl)ccc6-n6cc(Cl)nn6)cc(=O)n54)nc3F)c2F)N1. The Labute approximate surface area is 246 Å². The van der Waals surface area contributed by atoms with E-state index in [0.29, 0.717) is 33.1 Å². The number of H-pyrrole nitrogens is 1. The van der Waals surface area contributed by atoms with Crippen LogP contribution < -0.4 is 10.9 Å². The second-order valence-corrected chi connectivity index (χ2v) is 11.6. The van der Waals surface area contributed by atoms with Gasteiger partial charge in [0.15, 0.2) is 5.15 Å². The van der Waals surface area contributed by atoms with Gasteiger partial charge in [-0.15, -0.1) is 5.10 Å². The van der Waals surface area contributed by atoms with Gasteiger partial charge in [0.2, 0.25) is 11.9 Å². The number of fused-ring (bicyclic) bond motifs is 4. The number of halogens is 4. The maximum Gasteiger partial charge on any atom is 0.252 e. The third-order valence-electron chi connectivity index (χ3n) is 8.33. The number of anilines is 1. The topological polar surface area (TPSA) is 110 Å². The quantitative estimate of drug-likeness (QED) is 0.274. The van der Waals surface area contributed by atoms with Gasteiger partial charge in [-0.3, -0.25) is 9.59 Å². The van der Waals surface area contributed by atoms with E-state index in [9.17, 15) is 9.59 Å². The lowest BCUT2D eigenvalue weighted by Crippen LogP contribution is -2.26. The fourth-order valence-corrected chi connectivity index (χ4v) is 6.67. The van der Waals surface area contributed by atoms with Crippen molar-refractivity contribution < 1.29 is 13.6 Å². The summed E-state index contributed by atoms with van der Waals surface area (Å²) in [6.45, 7) is 0. The summed E-state index contributed by atoms with van der Waals surface area (Å²) in [4.78, 5) is 32.5. The van der Waals surface area contributed by atoms with Gasteiger partial charge in [-0.05, 0) is 60.7 Å². The van der Waals surface area contributed by atoms with Gasteiger partial charge in [0.25, 0.3) is 5.56 Å². The summed E-state index contributed by atoms with van der Waals surface area (Å²) in [7, 11) is 0. The summed E-state index contributed by atoms with van der Waals surface area (Å²) in [6, 6.07) is 11.2. The Morgan fingerprint density at radius 2 is 1.86 bits per heavy atom. The molecule has 1 saturated carbocycles. The molecule has 0 spiro atoms. The molecule has 13 heteroatoms. The molecule has 0 saturated heterocycles. The molecule has 0 bridgehead atoms. The standard InChI is InChI=1S/C29H19Cl2F2N7O2/c30-13-1-5-20(39-11-22(31)37-38-39)16(9-13)12-7-21-17-10-18(17)27(40(21)24(42)8-12)29-35-26(28(33)36-29)15-2-4-19-14(25(15)32)3-6-23(41)34-19/h1-2,4-5,7-9,11,17-18,27H,3,6,10H2,(H,34,41)(H,35,36)/t17-,18+,27+/m1/s1. The molecule has 42 heavy (non-hydrogen) atoms. The Balaban J connectivity index is 1.20. The smallest absolute Gasteiger partial charge is 0.252 e. The zero-order chi connectivity index (χ0) is 28.9. The minimum absolute atomic E-state index is 0.0242. The van der Waals surface area contributed by atoms with Gasteiger partial charge in [0.1, 0.15) is 17.3 Å². The summed E-state index contributed by atoms with van der Waals surface area (Å²) in [6.07, 6.45) is 2.74. The maximum absolute atomic E-state index is 15.5. The van der Waals surface area contributed by atoms with Crippen LogP contribution in [0.25, 0.3) is 28.1 Å². The van der Waals surface area contributed by atoms with Crippen LogP contribution in [-0.2, 0) is 11.2 Å². The van der Waals surface area contributed by atoms with Gasteiger partial charge >= 0.3 is 0 Å². The molecule has 1 amide bonds. The molecule has 5 aromatic rings. The van der Waals surface area contributed by atoms with E-state index in [-0.39, 0.29) is 58.4 Å². The molecule has 3 atom stereocenters. The number of carbonyl (C=O) groups excluding carboxylic acids is 1. The van der Waals surface area contributed by atoms with Crippen LogP contribution >= 0.6 is 23.2 Å². The predicted octanol–water partition coefficient (Wildman–Crippen LogP) is 5.66. The van der Waals surface area contributed by atoms with Crippen molar-refractivity contribution in [1.29, 1.82) is 0 Å². The van der Waals surface area contributed by atoms with Crippen LogP contribution in [0.15, 0.2) is 53.5 Å². The maximum atomic E-state index is 15.5. The Hall–Kier alpha value is -4.35. The molecule has 3 aliphatic rings. The molecular formula is C29H19Cl2F2N7O2. The second kappa shape index (κ2) is 9.07. The van der Waals surface area contributed by atoms with Gasteiger partial charge in [-0.25, -0.2) is 14.1 Å². The Morgan fingerprint density at radius 1 is 1.00 bits per heavy atom. The number of amides is 1. The third kappa shape index (κ3) is 3.83. The number of aromatic amines is 1. The minimum Gasteiger partial charge on any atom is -0.338 e. The van der Waals surface area contributed by atoms with E-state index < -0.39 is 17.8 Å². The van der Waals surface area contributed by atoms with Crippen molar-refractivity contribution in [3.63, 3.8) is 0 Å². The first-order chi connectivity index (χ1) is 20.3. The van der Waals surface area contributed by atoms with E-state index in [2.05, 4.69) is 25.6 Å². The molecule has 9 nitrogen and oxygen atoms in total. The molecule has 3 aromatic heterocycles. The molecule has 8 rings (SSSR count). The number of rotatable bonds is 4. The number of benzene rings is 2. The van der Waals surface area contributed by atoms with Crippen LogP contribution in [-0.4, -0.2) is 35.4 Å². The number of hydrogen-bond acceptors (Lipinski definition) is 5. The Morgan fingerprint density at radius 3 is 2.67 bits per heavy atom. The zero-order valence-electron chi connectivity index (χ0n) is 21.5. The van der Waals surface area contributed by atoms with Crippen molar-refractivity contribution in [2.24, 2.45) is 5.92 Å². The molecule has 210 valence electrons. The number of imidazole rings is 1. The fourth-order valence-electron chi connectivity index (χ4n) is 6.37. The molecule has 1 aliphatic carbocycles. The Kier molecular flexibility index (Phi) is 5.48. The van der Waals surface area contributed by atoms with Crippen molar-refractivity contribution in [2.45, 2.75) is 31.2 Å². The van der Waals surface area contributed by atoms with E-state index in [0.717, 1.165) is 12.1 Å². The summed E-state index contributed by atoms with van der Waals surface area (Å²) >= 11 is 12.3. The summed E-state index contributed by atoms with van der Waals surface area (Å²) in [5.41, 5.74) is 3.15. The normalized spacial score (nSPS) is 20.2. The van der Waals surface area contributed by atoms with Crippen LogP contribution in [0, 0.1) is 17.7 Å². The zero-order valence-corrected chi connectivity index (χ0v) is 23.0. The molecule has 0 radical (unpaired) electrons. The second-order valence-electron chi connectivity index (χ2n) is 10.8. The van der Waals surface area contributed by atoms with Crippen LogP contribution in [0.5, 0.6) is 0 Å². The number of aromatic nitrogens is 6. The molecular weight excluding hydrogens is 587 g/mol. The van der Waals surface area contributed by atoms with Gasteiger partial charge in [0, 0.05) is 51.5 Å². The molecule has 1 fully saturated rings. The number of hydrogen-bond donors (Lipinski definition) is 2. The first-order valence-corrected chi connectivity index (χ1v) is 14.0.